The topological polar surface area (TPSA) is 65.8 Å². The number of benzene rings is 1. The maximum Gasteiger partial charge on any atom is 0.222 e. The molecule has 2 rings (SSSR count). The van der Waals surface area contributed by atoms with Crippen molar-refractivity contribution < 1.29 is 4.79 Å². The van der Waals surface area contributed by atoms with Gasteiger partial charge in [-0.3, -0.25) is 4.79 Å². The Labute approximate surface area is 112 Å². The molecule has 0 radical (unpaired) electrons. The number of carbonyl (C=O) groups excluding carboxylic acids is 1. The van der Waals surface area contributed by atoms with E-state index in [0.717, 1.165) is 12.0 Å². The molecule has 1 saturated carbocycles. The fourth-order valence-electron chi connectivity index (χ4n) is 2.40. The maximum absolute atomic E-state index is 11.5. The first kappa shape index (κ1) is 13.4. The van der Waals surface area contributed by atoms with Crippen LogP contribution < -0.4 is 0 Å². The molecule has 0 saturated heterocycles. The summed E-state index contributed by atoms with van der Waals surface area (Å²) in [7, 11) is 0. The molecule has 0 bridgehead atoms. The number of allylic oxidation sites excluding steroid dienone is 1. The third-order valence-corrected chi connectivity index (χ3v) is 3.48. The Balaban J connectivity index is 2.18. The van der Waals surface area contributed by atoms with Crippen LogP contribution in [0.2, 0.25) is 0 Å². The van der Waals surface area contributed by atoms with E-state index in [1.54, 1.807) is 0 Å². The summed E-state index contributed by atoms with van der Waals surface area (Å²) >= 11 is 0. The van der Waals surface area contributed by atoms with Crippen LogP contribution in [0, 0.1) is 17.8 Å². The second-order valence-corrected chi connectivity index (χ2v) is 5.19. The van der Waals surface area contributed by atoms with Crippen molar-refractivity contribution in [1.29, 1.82) is 0 Å². The van der Waals surface area contributed by atoms with Crippen molar-refractivity contribution in [1.82, 2.24) is 0 Å². The Hall–Kier alpha value is -2.06. The minimum Gasteiger partial charge on any atom is -0.292 e. The smallest absolute Gasteiger partial charge is 0.222 e. The van der Waals surface area contributed by atoms with Crippen molar-refractivity contribution in [2.24, 2.45) is 22.9 Å². The van der Waals surface area contributed by atoms with Crippen LogP contribution in [-0.2, 0) is 4.79 Å². The van der Waals surface area contributed by atoms with Gasteiger partial charge in [0.1, 0.15) is 0 Å². The average Bonchev–Trinajstić information content (AvgIpc) is 3.17. The zero-order valence-corrected chi connectivity index (χ0v) is 11.2. The monoisotopic (exact) mass is 255 g/mol. The normalized spacial score (nSPS) is 21.9. The van der Waals surface area contributed by atoms with Crippen molar-refractivity contribution >= 4 is 12.0 Å². The number of nitrogens with zero attached hydrogens (tertiary/aromatic N) is 3. The first-order chi connectivity index (χ1) is 9.13. The molecule has 4 nitrogen and oxygen atoms in total. The van der Waals surface area contributed by atoms with Gasteiger partial charge in [-0.25, -0.2) is 0 Å². The van der Waals surface area contributed by atoms with Crippen LogP contribution in [0.4, 0.5) is 0 Å². The van der Waals surface area contributed by atoms with Crippen LogP contribution in [-0.4, -0.2) is 5.91 Å². The van der Waals surface area contributed by atoms with E-state index in [9.17, 15) is 4.79 Å². The Kier molecular flexibility index (Phi) is 4.03. The molecule has 98 valence electrons. The van der Waals surface area contributed by atoms with E-state index in [4.69, 9.17) is 5.53 Å². The fourth-order valence-corrected chi connectivity index (χ4v) is 2.40. The van der Waals surface area contributed by atoms with Gasteiger partial charge in [0.05, 0.1) is 0 Å². The summed E-state index contributed by atoms with van der Waals surface area (Å²) in [6.07, 6.45) is 2.95. The van der Waals surface area contributed by atoms with Crippen molar-refractivity contribution in [3.8, 4) is 0 Å². The van der Waals surface area contributed by atoms with Crippen LogP contribution in [0.1, 0.15) is 25.8 Å². The summed E-state index contributed by atoms with van der Waals surface area (Å²) in [5.74, 6) is 0.174. The highest BCUT2D eigenvalue weighted by Crippen LogP contribution is 2.48. The van der Waals surface area contributed by atoms with E-state index in [0.29, 0.717) is 5.92 Å². The molecule has 1 fully saturated rings. The molecule has 2 unspecified atom stereocenters. The summed E-state index contributed by atoms with van der Waals surface area (Å²) in [5, 5.41) is 3.20. The number of hydrogen-bond acceptors (Lipinski definition) is 1. The molecule has 0 heterocycles. The van der Waals surface area contributed by atoms with E-state index in [1.807, 2.05) is 18.2 Å². The number of azide groups is 1. The third kappa shape index (κ3) is 3.24. The first-order valence-electron chi connectivity index (χ1n) is 6.49. The largest absolute Gasteiger partial charge is 0.292 e. The lowest BCUT2D eigenvalue weighted by molar-refractivity contribution is -0.119. The molecular weight excluding hydrogens is 238 g/mol. The Morgan fingerprint density at radius 1 is 1.37 bits per heavy atom. The van der Waals surface area contributed by atoms with Gasteiger partial charge >= 0.3 is 0 Å². The predicted molar refractivity (Wildman–Crippen MR) is 75.0 cm³/mol. The first-order valence-corrected chi connectivity index (χ1v) is 6.49. The second kappa shape index (κ2) is 5.72. The lowest BCUT2D eigenvalue weighted by Gasteiger charge is -2.11. The highest BCUT2D eigenvalue weighted by molar-refractivity contribution is 5.83. The standard InChI is InChI=1S/C15H17N3O/c1-10(2)12(8-11-6-4-3-5-7-11)13-9-14(13)15(19)17-18-16/h3-8,10,13-14H,9H2,1-2H3. The quantitative estimate of drug-likeness (QED) is 0.451. The van der Waals surface area contributed by atoms with E-state index < -0.39 is 0 Å². The fraction of sp³-hybridized carbons (Fsp3) is 0.400. The lowest BCUT2D eigenvalue weighted by atomic mass is 9.95. The minimum absolute atomic E-state index is 0.117. The molecule has 19 heavy (non-hydrogen) atoms. The Bertz CT molecular complexity index is 542. The van der Waals surface area contributed by atoms with E-state index in [-0.39, 0.29) is 17.7 Å². The second-order valence-electron chi connectivity index (χ2n) is 5.19. The third-order valence-electron chi connectivity index (χ3n) is 3.48. The summed E-state index contributed by atoms with van der Waals surface area (Å²) < 4.78 is 0. The van der Waals surface area contributed by atoms with Crippen LogP contribution in [0.3, 0.4) is 0 Å². The van der Waals surface area contributed by atoms with Crippen molar-refractivity contribution in [3.63, 3.8) is 0 Å². The van der Waals surface area contributed by atoms with Gasteiger partial charge in [-0.15, -0.1) is 0 Å². The molecule has 0 N–H and O–H groups in total. The predicted octanol–water partition coefficient (Wildman–Crippen LogP) is 4.20. The van der Waals surface area contributed by atoms with Crippen molar-refractivity contribution in [2.45, 2.75) is 20.3 Å². The molecule has 0 spiro atoms. The molecule has 2 atom stereocenters. The summed E-state index contributed by atoms with van der Waals surface area (Å²) in [4.78, 5) is 14.1. The van der Waals surface area contributed by atoms with Crippen LogP contribution in [0.5, 0.6) is 0 Å². The number of amides is 1. The zero-order chi connectivity index (χ0) is 13.8. The van der Waals surface area contributed by atoms with Gasteiger partial charge in [-0.1, -0.05) is 55.8 Å². The molecule has 0 aliphatic heterocycles. The van der Waals surface area contributed by atoms with Gasteiger partial charge in [0.25, 0.3) is 0 Å². The summed E-state index contributed by atoms with van der Waals surface area (Å²) in [5.41, 5.74) is 10.7. The maximum atomic E-state index is 11.5. The molecule has 1 aliphatic rings. The SMILES string of the molecule is CC(C)C(=Cc1ccccc1)C1CC1C(=O)N=[N+]=[N-]. The highest BCUT2D eigenvalue weighted by Gasteiger charge is 2.44. The van der Waals surface area contributed by atoms with E-state index >= 15 is 0 Å². The van der Waals surface area contributed by atoms with Gasteiger partial charge in [-0.2, -0.15) is 0 Å². The molecule has 1 amide bonds. The number of rotatable bonds is 4. The van der Waals surface area contributed by atoms with Gasteiger partial charge < -0.3 is 0 Å². The number of hydrogen-bond donors (Lipinski definition) is 0. The van der Waals surface area contributed by atoms with Gasteiger partial charge in [0.2, 0.25) is 5.91 Å². The molecule has 1 aromatic carbocycles. The van der Waals surface area contributed by atoms with Crippen LogP contribution in [0.25, 0.3) is 16.5 Å². The van der Waals surface area contributed by atoms with E-state index in [1.165, 1.54) is 5.57 Å². The van der Waals surface area contributed by atoms with Crippen LogP contribution >= 0.6 is 0 Å². The van der Waals surface area contributed by atoms with Gasteiger partial charge in [-0.05, 0) is 34.5 Å². The van der Waals surface area contributed by atoms with Crippen LogP contribution in [0.15, 0.2) is 41.0 Å². The minimum atomic E-state index is -0.327. The lowest BCUT2D eigenvalue weighted by Crippen LogP contribution is -2.03. The zero-order valence-electron chi connectivity index (χ0n) is 11.2. The summed E-state index contributed by atoms with van der Waals surface area (Å²) in [6, 6.07) is 10.1. The Morgan fingerprint density at radius 3 is 2.63 bits per heavy atom. The molecule has 0 aromatic heterocycles. The van der Waals surface area contributed by atoms with Gasteiger partial charge in [0.15, 0.2) is 0 Å². The van der Waals surface area contributed by atoms with E-state index in [2.05, 4.69) is 42.1 Å². The average molecular weight is 255 g/mol. The van der Waals surface area contributed by atoms with Gasteiger partial charge in [0, 0.05) is 10.8 Å². The molecule has 1 aromatic rings. The number of carbonyl (C=O) groups is 1. The highest BCUT2D eigenvalue weighted by atomic mass is 16.2. The summed E-state index contributed by atoms with van der Waals surface area (Å²) in [6.45, 7) is 4.25. The van der Waals surface area contributed by atoms with Crippen molar-refractivity contribution in [2.75, 3.05) is 0 Å². The van der Waals surface area contributed by atoms with Crippen molar-refractivity contribution in [3.05, 3.63) is 51.9 Å². The molecule has 4 heteroatoms. The Morgan fingerprint density at radius 2 is 2.05 bits per heavy atom. The molecular formula is C15H17N3O. The molecule has 1 aliphatic carbocycles.